The van der Waals surface area contributed by atoms with Crippen molar-refractivity contribution in [1.82, 2.24) is 14.9 Å². The molecule has 0 bridgehead atoms. The zero-order valence-corrected chi connectivity index (χ0v) is 14.5. The SMILES string of the molecule is CCCn1c(C(=O)NCc2ccccn2)cc2ccc(C)cc2c1=O. The van der Waals surface area contributed by atoms with Crippen molar-refractivity contribution < 1.29 is 4.79 Å². The number of benzene rings is 1. The molecule has 1 amide bonds. The Balaban J connectivity index is 1.98. The molecule has 0 saturated heterocycles. The van der Waals surface area contributed by atoms with Crippen LogP contribution in [-0.2, 0) is 13.1 Å². The van der Waals surface area contributed by atoms with Crippen LogP contribution in [0, 0.1) is 6.92 Å². The average molecular weight is 335 g/mol. The number of nitrogens with zero attached hydrogens (tertiary/aromatic N) is 2. The first-order valence-electron chi connectivity index (χ1n) is 8.42. The van der Waals surface area contributed by atoms with Crippen molar-refractivity contribution in [2.75, 3.05) is 0 Å². The summed E-state index contributed by atoms with van der Waals surface area (Å²) >= 11 is 0. The molecule has 3 aromatic rings. The number of aromatic nitrogens is 2. The van der Waals surface area contributed by atoms with E-state index in [0.717, 1.165) is 23.1 Å². The predicted octanol–water partition coefficient (Wildman–Crippen LogP) is 3.04. The lowest BCUT2D eigenvalue weighted by atomic mass is 10.1. The van der Waals surface area contributed by atoms with Gasteiger partial charge >= 0.3 is 0 Å². The molecule has 0 radical (unpaired) electrons. The van der Waals surface area contributed by atoms with E-state index in [-0.39, 0.29) is 11.5 Å². The number of carbonyl (C=O) groups excluding carboxylic acids is 1. The molecule has 0 fully saturated rings. The fourth-order valence-corrected chi connectivity index (χ4v) is 2.86. The molecule has 0 spiro atoms. The third-order valence-corrected chi connectivity index (χ3v) is 4.10. The van der Waals surface area contributed by atoms with Crippen LogP contribution in [-0.4, -0.2) is 15.5 Å². The second-order valence-electron chi connectivity index (χ2n) is 6.08. The highest BCUT2D eigenvalue weighted by atomic mass is 16.2. The Labute approximate surface area is 146 Å². The second-order valence-corrected chi connectivity index (χ2v) is 6.08. The summed E-state index contributed by atoms with van der Waals surface area (Å²) in [5.74, 6) is -0.265. The van der Waals surface area contributed by atoms with E-state index in [9.17, 15) is 9.59 Å². The molecule has 128 valence electrons. The zero-order valence-electron chi connectivity index (χ0n) is 14.5. The number of pyridine rings is 2. The van der Waals surface area contributed by atoms with E-state index in [1.165, 1.54) is 0 Å². The van der Waals surface area contributed by atoms with Gasteiger partial charge in [0, 0.05) is 18.1 Å². The fraction of sp³-hybridized carbons (Fsp3) is 0.250. The Hall–Kier alpha value is -2.95. The lowest BCUT2D eigenvalue weighted by Crippen LogP contribution is -2.32. The van der Waals surface area contributed by atoms with Crippen molar-refractivity contribution in [2.45, 2.75) is 33.4 Å². The predicted molar refractivity (Wildman–Crippen MR) is 98.6 cm³/mol. The minimum Gasteiger partial charge on any atom is -0.345 e. The first-order valence-corrected chi connectivity index (χ1v) is 8.42. The van der Waals surface area contributed by atoms with Crippen LogP contribution in [0.25, 0.3) is 10.8 Å². The first-order chi connectivity index (χ1) is 12.1. The molecule has 0 aliphatic rings. The van der Waals surface area contributed by atoms with Gasteiger partial charge < -0.3 is 9.88 Å². The van der Waals surface area contributed by atoms with Crippen LogP contribution in [0.15, 0.2) is 53.5 Å². The Morgan fingerprint density at radius 2 is 2.04 bits per heavy atom. The molecule has 0 aliphatic carbocycles. The molecule has 1 N–H and O–H groups in total. The molecule has 0 atom stereocenters. The van der Waals surface area contributed by atoms with Gasteiger partial charge in [0.2, 0.25) is 0 Å². The van der Waals surface area contributed by atoms with Crippen LogP contribution in [0.1, 0.15) is 35.1 Å². The van der Waals surface area contributed by atoms with Crippen molar-refractivity contribution in [3.8, 4) is 0 Å². The van der Waals surface area contributed by atoms with Gasteiger partial charge in [0.1, 0.15) is 5.69 Å². The Bertz CT molecular complexity index is 962. The number of fused-ring (bicyclic) bond motifs is 1. The maximum Gasteiger partial charge on any atom is 0.268 e. The van der Waals surface area contributed by atoms with Crippen LogP contribution in [0.2, 0.25) is 0 Å². The maximum absolute atomic E-state index is 12.8. The molecule has 5 heteroatoms. The fourth-order valence-electron chi connectivity index (χ4n) is 2.86. The van der Waals surface area contributed by atoms with Gasteiger partial charge in [-0.05, 0) is 43.0 Å². The number of hydrogen-bond donors (Lipinski definition) is 1. The van der Waals surface area contributed by atoms with Gasteiger partial charge in [0.05, 0.1) is 12.2 Å². The molecular formula is C20H21N3O2. The lowest BCUT2D eigenvalue weighted by molar-refractivity contribution is 0.0940. The summed E-state index contributed by atoms with van der Waals surface area (Å²) in [5.41, 5.74) is 2.07. The summed E-state index contributed by atoms with van der Waals surface area (Å²) in [7, 11) is 0. The highest BCUT2D eigenvalue weighted by molar-refractivity contribution is 5.96. The number of aryl methyl sites for hydroxylation is 1. The molecule has 3 rings (SSSR count). The van der Waals surface area contributed by atoms with Crippen molar-refractivity contribution >= 4 is 16.7 Å². The quantitative estimate of drug-likeness (QED) is 0.779. The molecule has 1 aromatic carbocycles. The minimum absolute atomic E-state index is 0.119. The molecular weight excluding hydrogens is 314 g/mol. The number of amides is 1. The zero-order chi connectivity index (χ0) is 17.8. The molecule has 2 heterocycles. The van der Waals surface area contributed by atoms with Gasteiger partial charge in [-0.1, -0.05) is 30.7 Å². The number of rotatable bonds is 5. The van der Waals surface area contributed by atoms with Crippen LogP contribution >= 0.6 is 0 Å². The molecule has 25 heavy (non-hydrogen) atoms. The maximum atomic E-state index is 12.8. The van der Waals surface area contributed by atoms with Gasteiger partial charge in [0.25, 0.3) is 11.5 Å². The van der Waals surface area contributed by atoms with Crippen molar-refractivity contribution in [3.63, 3.8) is 0 Å². The summed E-state index contributed by atoms with van der Waals surface area (Å²) in [6.45, 7) is 4.78. The van der Waals surface area contributed by atoms with Crippen molar-refractivity contribution in [1.29, 1.82) is 0 Å². The topological polar surface area (TPSA) is 64.0 Å². The van der Waals surface area contributed by atoms with E-state index in [2.05, 4.69) is 10.3 Å². The highest BCUT2D eigenvalue weighted by Gasteiger charge is 2.15. The largest absolute Gasteiger partial charge is 0.345 e. The molecule has 2 aromatic heterocycles. The Kier molecular flexibility index (Phi) is 4.93. The van der Waals surface area contributed by atoms with Gasteiger partial charge in [-0.15, -0.1) is 0 Å². The molecule has 0 aliphatic heterocycles. The van der Waals surface area contributed by atoms with Crippen LogP contribution in [0.4, 0.5) is 0 Å². The van der Waals surface area contributed by atoms with Gasteiger partial charge in [-0.2, -0.15) is 0 Å². The summed E-state index contributed by atoms with van der Waals surface area (Å²) in [5, 5.41) is 4.29. The van der Waals surface area contributed by atoms with Crippen molar-refractivity contribution in [3.05, 3.63) is 76.0 Å². The van der Waals surface area contributed by atoms with E-state index in [1.54, 1.807) is 16.8 Å². The third kappa shape index (κ3) is 3.60. The van der Waals surface area contributed by atoms with Crippen LogP contribution < -0.4 is 10.9 Å². The number of nitrogens with one attached hydrogen (secondary N) is 1. The summed E-state index contributed by atoms with van der Waals surface area (Å²) in [6, 6.07) is 13.1. The Morgan fingerprint density at radius 3 is 2.76 bits per heavy atom. The smallest absolute Gasteiger partial charge is 0.268 e. The lowest BCUT2D eigenvalue weighted by Gasteiger charge is -2.14. The van der Waals surface area contributed by atoms with Crippen LogP contribution in [0.3, 0.4) is 0 Å². The molecule has 5 nitrogen and oxygen atoms in total. The average Bonchev–Trinajstić information content (AvgIpc) is 2.63. The normalized spacial score (nSPS) is 10.8. The van der Waals surface area contributed by atoms with Gasteiger partial charge in [-0.3, -0.25) is 14.6 Å². The van der Waals surface area contributed by atoms with Crippen molar-refractivity contribution in [2.24, 2.45) is 0 Å². The minimum atomic E-state index is -0.265. The molecule has 0 saturated carbocycles. The van der Waals surface area contributed by atoms with Gasteiger partial charge in [0.15, 0.2) is 0 Å². The van der Waals surface area contributed by atoms with Crippen LogP contribution in [0.5, 0.6) is 0 Å². The summed E-state index contributed by atoms with van der Waals surface area (Å²) in [6.07, 6.45) is 2.46. The van der Waals surface area contributed by atoms with E-state index in [0.29, 0.717) is 24.2 Å². The summed E-state index contributed by atoms with van der Waals surface area (Å²) in [4.78, 5) is 29.7. The monoisotopic (exact) mass is 335 g/mol. The third-order valence-electron chi connectivity index (χ3n) is 4.10. The molecule has 0 unspecified atom stereocenters. The number of carbonyl (C=O) groups is 1. The summed E-state index contributed by atoms with van der Waals surface area (Å²) < 4.78 is 1.57. The van der Waals surface area contributed by atoms with Gasteiger partial charge in [-0.25, -0.2) is 0 Å². The standard InChI is InChI=1S/C20H21N3O2/c1-3-10-23-18(19(24)22-13-16-6-4-5-9-21-16)12-15-8-7-14(2)11-17(15)20(23)25/h4-9,11-12H,3,10,13H2,1-2H3,(H,22,24). The highest BCUT2D eigenvalue weighted by Crippen LogP contribution is 2.15. The first kappa shape index (κ1) is 16.9. The van der Waals surface area contributed by atoms with E-state index in [4.69, 9.17) is 0 Å². The van der Waals surface area contributed by atoms with E-state index < -0.39 is 0 Å². The second kappa shape index (κ2) is 7.30. The van der Waals surface area contributed by atoms with E-state index in [1.807, 2.05) is 50.2 Å². The number of hydrogen-bond acceptors (Lipinski definition) is 3. The Morgan fingerprint density at radius 1 is 1.20 bits per heavy atom. The van der Waals surface area contributed by atoms with E-state index >= 15 is 0 Å².